The molecule has 4 rings (SSSR count). The zero-order chi connectivity index (χ0) is 42.6. The summed E-state index contributed by atoms with van der Waals surface area (Å²) in [5.74, 6) is -0.324. The van der Waals surface area contributed by atoms with E-state index in [9.17, 15) is 13.5 Å². The van der Waals surface area contributed by atoms with Crippen molar-refractivity contribution in [3.05, 3.63) is 54.6 Å². The minimum absolute atomic E-state index is 0.000157. The molecule has 3 fully saturated rings. The fraction of sp³-hybridized carbons (Fsp3) is 0.778. The molecular formula is C45H78O9SSi2. The second-order valence-corrected chi connectivity index (χ2v) is 31.8. The van der Waals surface area contributed by atoms with Gasteiger partial charge in [0.05, 0.1) is 66.1 Å². The molecule has 1 aromatic carbocycles. The topological polar surface area (TPSA) is 110 Å². The minimum Gasteiger partial charge on any atom is -0.414 e. The first-order valence-electron chi connectivity index (χ1n) is 21.4. The van der Waals surface area contributed by atoms with Crippen LogP contribution in [-0.2, 0) is 37.6 Å². The van der Waals surface area contributed by atoms with Crippen LogP contribution in [0.1, 0.15) is 99.8 Å². The van der Waals surface area contributed by atoms with Gasteiger partial charge in [-0.15, -0.1) is 0 Å². The number of ether oxygens (including phenoxy) is 4. The van der Waals surface area contributed by atoms with E-state index in [1.807, 2.05) is 6.07 Å². The molecule has 0 spiro atoms. The Labute approximate surface area is 348 Å². The molecule has 326 valence electrons. The van der Waals surface area contributed by atoms with Crippen molar-refractivity contribution in [2.45, 2.75) is 190 Å². The lowest BCUT2D eigenvalue weighted by atomic mass is 9.83. The van der Waals surface area contributed by atoms with Gasteiger partial charge in [-0.2, -0.15) is 0 Å². The van der Waals surface area contributed by atoms with Crippen LogP contribution in [0.3, 0.4) is 0 Å². The first-order valence-corrected chi connectivity index (χ1v) is 28.9. The Hall–Kier alpha value is -1.20. The third kappa shape index (κ3) is 12.7. The standard InChI is InChI=1S/C45H78O9SSi2/c1-31-25-35(22-23-39-32(2)26-34(51-39)19-18-24-46)52-40(33(31)3)28-41-38(30-55(47,48)37-20-16-15-17-21-37)43(49-10)42(53-41)27-36(54-57(13,14)45(7,8)9)29-50-56(11,12)44(4,5)6/h15-17,20-21,31,34-36,38-43,46H,2-3,18-19,22-30H2,1,4-14H3/t31-,34?,35?,36?,38+,39+,40?,41+,42?,43-/m1/s1. The highest BCUT2D eigenvalue weighted by Gasteiger charge is 2.50. The Kier molecular flexibility index (Phi) is 16.7. The molecule has 1 aromatic rings. The van der Waals surface area contributed by atoms with Gasteiger partial charge in [0, 0.05) is 32.5 Å². The number of aliphatic hydroxyl groups excluding tert-OH is 1. The van der Waals surface area contributed by atoms with E-state index in [4.69, 9.17) is 27.8 Å². The molecule has 3 heterocycles. The zero-order valence-corrected chi connectivity index (χ0v) is 40.3. The highest BCUT2D eigenvalue weighted by Crippen LogP contribution is 2.44. The van der Waals surface area contributed by atoms with Crippen molar-refractivity contribution in [1.82, 2.24) is 0 Å². The van der Waals surface area contributed by atoms with Crippen LogP contribution in [0, 0.1) is 11.8 Å². The van der Waals surface area contributed by atoms with Crippen molar-refractivity contribution in [1.29, 1.82) is 0 Å². The van der Waals surface area contributed by atoms with Crippen LogP contribution in [0.15, 0.2) is 59.5 Å². The maximum Gasteiger partial charge on any atom is 0.192 e. The highest BCUT2D eigenvalue weighted by atomic mass is 32.2. The summed E-state index contributed by atoms with van der Waals surface area (Å²) in [6.07, 6.45) is 4.12. The molecule has 3 saturated heterocycles. The van der Waals surface area contributed by atoms with Gasteiger partial charge >= 0.3 is 0 Å². The lowest BCUT2D eigenvalue weighted by Crippen LogP contribution is -2.49. The molecule has 9 nitrogen and oxygen atoms in total. The minimum atomic E-state index is -3.68. The molecule has 10 atom stereocenters. The fourth-order valence-electron chi connectivity index (χ4n) is 8.08. The second kappa shape index (κ2) is 19.7. The summed E-state index contributed by atoms with van der Waals surface area (Å²) < 4.78 is 68.6. The Bertz CT molecular complexity index is 1570. The van der Waals surface area contributed by atoms with E-state index in [-0.39, 0.29) is 58.9 Å². The van der Waals surface area contributed by atoms with Crippen LogP contribution in [0.2, 0.25) is 36.3 Å². The van der Waals surface area contributed by atoms with Crippen LogP contribution < -0.4 is 0 Å². The van der Waals surface area contributed by atoms with E-state index < -0.39 is 50.7 Å². The van der Waals surface area contributed by atoms with Crippen LogP contribution in [0.25, 0.3) is 0 Å². The van der Waals surface area contributed by atoms with Gasteiger partial charge in [-0.05, 0) is 104 Å². The van der Waals surface area contributed by atoms with Crippen LogP contribution in [0.5, 0.6) is 0 Å². The molecule has 0 aliphatic carbocycles. The average Bonchev–Trinajstić information content (AvgIpc) is 3.63. The van der Waals surface area contributed by atoms with Crippen molar-refractivity contribution in [3.63, 3.8) is 0 Å². The van der Waals surface area contributed by atoms with Crippen LogP contribution >= 0.6 is 0 Å². The van der Waals surface area contributed by atoms with Gasteiger partial charge in [-0.25, -0.2) is 8.42 Å². The van der Waals surface area contributed by atoms with Gasteiger partial charge in [0.2, 0.25) is 0 Å². The predicted molar refractivity (Wildman–Crippen MR) is 235 cm³/mol. The van der Waals surface area contributed by atoms with Crippen molar-refractivity contribution in [3.8, 4) is 0 Å². The molecule has 0 saturated carbocycles. The normalized spacial score (nSPS) is 29.9. The third-order valence-electron chi connectivity index (χ3n) is 13.8. The maximum atomic E-state index is 14.1. The van der Waals surface area contributed by atoms with E-state index in [1.165, 1.54) is 0 Å². The molecule has 1 N–H and O–H groups in total. The molecule has 57 heavy (non-hydrogen) atoms. The van der Waals surface area contributed by atoms with Crippen LogP contribution in [0.4, 0.5) is 0 Å². The van der Waals surface area contributed by atoms with E-state index >= 15 is 0 Å². The van der Waals surface area contributed by atoms with Crippen molar-refractivity contribution in [2.75, 3.05) is 26.1 Å². The lowest BCUT2D eigenvalue weighted by molar-refractivity contribution is -0.0782. The van der Waals surface area contributed by atoms with Gasteiger partial charge in [0.15, 0.2) is 26.5 Å². The average molecular weight is 851 g/mol. The van der Waals surface area contributed by atoms with E-state index in [1.54, 1.807) is 31.4 Å². The lowest BCUT2D eigenvalue weighted by Gasteiger charge is -2.42. The molecule has 5 unspecified atom stereocenters. The quantitative estimate of drug-likeness (QED) is 0.108. The molecule has 3 aliphatic heterocycles. The molecule has 3 aliphatic rings. The van der Waals surface area contributed by atoms with E-state index in [0.29, 0.717) is 24.3 Å². The summed E-state index contributed by atoms with van der Waals surface area (Å²) in [4.78, 5) is 0.297. The Balaban J connectivity index is 1.59. The third-order valence-corrected chi connectivity index (χ3v) is 24.7. The molecular weight excluding hydrogens is 773 g/mol. The first-order chi connectivity index (χ1) is 26.4. The molecule has 0 amide bonds. The largest absolute Gasteiger partial charge is 0.414 e. The van der Waals surface area contributed by atoms with Crippen molar-refractivity contribution >= 4 is 26.5 Å². The Morgan fingerprint density at radius 2 is 1.51 bits per heavy atom. The smallest absolute Gasteiger partial charge is 0.192 e. The van der Waals surface area contributed by atoms with Crippen LogP contribution in [-0.4, -0.2) is 105 Å². The number of hydrogen-bond donors (Lipinski definition) is 1. The van der Waals surface area contributed by atoms with Gasteiger partial charge < -0.3 is 32.9 Å². The first kappa shape index (κ1) is 48.5. The Morgan fingerprint density at radius 1 is 0.877 bits per heavy atom. The summed E-state index contributed by atoms with van der Waals surface area (Å²) >= 11 is 0. The Morgan fingerprint density at radius 3 is 2.11 bits per heavy atom. The van der Waals surface area contributed by atoms with Gasteiger partial charge in [0.1, 0.15) is 0 Å². The molecule has 0 radical (unpaired) electrons. The number of hydrogen-bond acceptors (Lipinski definition) is 9. The monoisotopic (exact) mass is 850 g/mol. The summed E-state index contributed by atoms with van der Waals surface area (Å²) in [7, 11) is -6.35. The zero-order valence-electron chi connectivity index (χ0n) is 37.5. The summed E-state index contributed by atoms with van der Waals surface area (Å²) in [5.41, 5.74) is 2.14. The van der Waals surface area contributed by atoms with Crippen molar-refractivity contribution < 1.29 is 41.3 Å². The summed E-state index contributed by atoms with van der Waals surface area (Å²) in [5, 5.41) is 9.32. The van der Waals surface area contributed by atoms with Crippen molar-refractivity contribution in [2.24, 2.45) is 11.8 Å². The maximum absolute atomic E-state index is 14.1. The number of rotatable bonds is 19. The summed E-state index contributed by atoms with van der Waals surface area (Å²) in [6, 6.07) is 8.68. The number of aliphatic hydroxyl groups is 1. The van der Waals surface area contributed by atoms with Gasteiger partial charge in [-0.3, -0.25) is 0 Å². The second-order valence-electron chi connectivity index (χ2n) is 20.2. The highest BCUT2D eigenvalue weighted by molar-refractivity contribution is 7.91. The number of methoxy groups -OCH3 is 1. The molecule has 0 aromatic heterocycles. The predicted octanol–water partition coefficient (Wildman–Crippen LogP) is 9.67. The SMILES string of the molecule is C=C1C(C[C@@H]2OC(CC(CO[Si](C)(C)C(C)(C)C)O[Si](C)(C)C(C)(C)C)[C@H](OC)[C@H]2CS(=O)(=O)c2ccccc2)OC(CC[C@@H]2OC(CCCO)CC2=C)C[C@H]1C. The fourth-order valence-corrected chi connectivity index (χ4v) is 12.1. The number of sulfone groups is 1. The van der Waals surface area contributed by atoms with Gasteiger partial charge in [0.25, 0.3) is 0 Å². The van der Waals surface area contributed by atoms with E-state index in [2.05, 4.69) is 87.8 Å². The molecule has 0 bridgehead atoms. The van der Waals surface area contributed by atoms with E-state index in [0.717, 1.165) is 49.7 Å². The number of benzene rings is 1. The summed E-state index contributed by atoms with van der Waals surface area (Å²) in [6.45, 7) is 34.2. The van der Waals surface area contributed by atoms with Gasteiger partial charge in [-0.1, -0.05) is 79.8 Å². The molecule has 12 heteroatoms.